The minimum atomic E-state index is 0.802. The fourth-order valence-corrected chi connectivity index (χ4v) is 2.25. The van der Waals surface area contributed by atoms with Crippen LogP contribution in [0.15, 0.2) is 24.3 Å². The van der Waals surface area contributed by atoms with E-state index in [2.05, 4.69) is 17.4 Å². The van der Waals surface area contributed by atoms with Gasteiger partial charge in [0.1, 0.15) is 0 Å². The van der Waals surface area contributed by atoms with E-state index in [0.29, 0.717) is 0 Å². The number of nitrogens with one attached hydrogen (secondary N) is 1. The van der Waals surface area contributed by atoms with Gasteiger partial charge in [0.25, 0.3) is 0 Å². The largest absolute Gasteiger partial charge is 0.399 e. The van der Waals surface area contributed by atoms with E-state index >= 15 is 0 Å². The summed E-state index contributed by atoms with van der Waals surface area (Å²) in [6.07, 6.45) is 5.25. The van der Waals surface area contributed by atoms with Crippen LogP contribution in [0, 0.1) is 5.92 Å². The summed E-state index contributed by atoms with van der Waals surface area (Å²) in [4.78, 5) is 0. The van der Waals surface area contributed by atoms with E-state index in [-0.39, 0.29) is 0 Å². The minimum Gasteiger partial charge on any atom is -0.399 e. The van der Waals surface area contributed by atoms with E-state index in [1.54, 1.807) is 0 Å². The van der Waals surface area contributed by atoms with E-state index in [1.165, 1.54) is 44.3 Å². The molecule has 1 fully saturated rings. The van der Waals surface area contributed by atoms with Crippen molar-refractivity contribution in [1.82, 2.24) is 5.32 Å². The summed E-state index contributed by atoms with van der Waals surface area (Å²) >= 11 is 0. The molecule has 1 heterocycles. The minimum absolute atomic E-state index is 0.802. The van der Waals surface area contributed by atoms with Crippen LogP contribution in [-0.4, -0.2) is 13.1 Å². The molecule has 2 heteroatoms. The van der Waals surface area contributed by atoms with Gasteiger partial charge in [-0.2, -0.15) is 0 Å². The molecule has 0 amide bonds. The first-order chi connectivity index (χ1) is 7.34. The molecule has 0 bridgehead atoms. The zero-order valence-electron chi connectivity index (χ0n) is 9.21. The van der Waals surface area contributed by atoms with Crippen LogP contribution < -0.4 is 11.1 Å². The second kappa shape index (κ2) is 5.17. The second-order valence-electron chi connectivity index (χ2n) is 4.51. The Morgan fingerprint density at radius 2 is 2.00 bits per heavy atom. The maximum absolute atomic E-state index is 5.67. The summed E-state index contributed by atoms with van der Waals surface area (Å²) < 4.78 is 0. The number of nitrogens with two attached hydrogens (primary N) is 1. The zero-order valence-corrected chi connectivity index (χ0v) is 9.21. The quantitative estimate of drug-likeness (QED) is 0.725. The standard InChI is InChI=1S/C13H20N2/c14-13-6-4-11(5-7-13)9-12-3-1-2-8-15-10-12/h4-7,12,15H,1-3,8-10,14H2. The summed E-state index contributed by atoms with van der Waals surface area (Å²) in [5.74, 6) is 0.802. The van der Waals surface area contributed by atoms with Gasteiger partial charge in [0.2, 0.25) is 0 Å². The van der Waals surface area contributed by atoms with Crippen LogP contribution in [0.5, 0.6) is 0 Å². The summed E-state index contributed by atoms with van der Waals surface area (Å²) in [5.41, 5.74) is 7.95. The van der Waals surface area contributed by atoms with Gasteiger partial charge in [-0.15, -0.1) is 0 Å². The lowest BCUT2D eigenvalue weighted by Crippen LogP contribution is -2.21. The first-order valence-corrected chi connectivity index (χ1v) is 5.90. The van der Waals surface area contributed by atoms with Gasteiger partial charge in [-0.05, 0) is 56.0 Å². The highest BCUT2D eigenvalue weighted by atomic mass is 14.9. The normalized spacial score (nSPS) is 22.3. The molecule has 15 heavy (non-hydrogen) atoms. The Morgan fingerprint density at radius 3 is 2.80 bits per heavy atom. The summed E-state index contributed by atoms with van der Waals surface area (Å²) in [7, 11) is 0. The highest BCUT2D eigenvalue weighted by Gasteiger charge is 2.11. The van der Waals surface area contributed by atoms with Crippen molar-refractivity contribution in [2.45, 2.75) is 25.7 Å². The Kier molecular flexibility index (Phi) is 3.62. The fraction of sp³-hybridized carbons (Fsp3) is 0.538. The summed E-state index contributed by atoms with van der Waals surface area (Å²) in [6, 6.07) is 8.30. The van der Waals surface area contributed by atoms with Crippen LogP contribution in [-0.2, 0) is 6.42 Å². The molecule has 1 atom stereocenters. The number of nitrogen functional groups attached to an aromatic ring is 1. The van der Waals surface area contributed by atoms with Gasteiger partial charge in [0.15, 0.2) is 0 Å². The maximum atomic E-state index is 5.67. The van der Waals surface area contributed by atoms with Crippen molar-refractivity contribution >= 4 is 5.69 Å². The Morgan fingerprint density at radius 1 is 1.20 bits per heavy atom. The van der Waals surface area contributed by atoms with Crippen LogP contribution in [0.1, 0.15) is 24.8 Å². The van der Waals surface area contributed by atoms with Crippen LogP contribution in [0.25, 0.3) is 0 Å². The van der Waals surface area contributed by atoms with Gasteiger partial charge in [-0.3, -0.25) is 0 Å². The summed E-state index contributed by atoms with van der Waals surface area (Å²) in [5, 5.41) is 3.50. The van der Waals surface area contributed by atoms with Gasteiger partial charge < -0.3 is 11.1 Å². The Labute approximate surface area is 91.9 Å². The number of benzene rings is 1. The molecule has 1 unspecified atom stereocenters. The second-order valence-corrected chi connectivity index (χ2v) is 4.51. The monoisotopic (exact) mass is 204 g/mol. The van der Waals surface area contributed by atoms with E-state index in [4.69, 9.17) is 5.73 Å². The molecule has 82 valence electrons. The van der Waals surface area contributed by atoms with E-state index in [1.807, 2.05) is 12.1 Å². The molecule has 0 spiro atoms. The molecule has 0 aliphatic carbocycles. The highest BCUT2D eigenvalue weighted by Crippen LogP contribution is 2.17. The first-order valence-electron chi connectivity index (χ1n) is 5.90. The molecule has 0 saturated carbocycles. The lowest BCUT2D eigenvalue weighted by Gasteiger charge is -2.14. The van der Waals surface area contributed by atoms with Crippen molar-refractivity contribution in [3.8, 4) is 0 Å². The van der Waals surface area contributed by atoms with Gasteiger partial charge in [0.05, 0.1) is 0 Å². The van der Waals surface area contributed by atoms with E-state index < -0.39 is 0 Å². The molecule has 1 aromatic carbocycles. The Balaban J connectivity index is 1.92. The molecule has 3 N–H and O–H groups in total. The SMILES string of the molecule is Nc1ccc(CC2CCCCNC2)cc1. The van der Waals surface area contributed by atoms with Crippen molar-refractivity contribution in [3.63, 3.8) is 0 Å². The van der Waals surface area contributed by atoms with Crippen LogP contribution in [0.4, 0.5) is 5.69 Å². The average molecular weight is 204 g/mol. The van der Waals surface area contributed by atoms with E-state index in [0.717, 1.165) is 11.6 Å². The van der Waals surface area contributed by atoms with Crippen LogP contribution >= 0.6 is 0 Å². The molecule has 0 radical (unpaired) electrons. The molecule has 2 nitrogen and oxygen atoms in total. The number of rotatable bonds is 2. The van der Waals surface area contributed by atoms with Gasteiger partial charge in [0, 0.05) is 5.69 Å². The Bertz CT molecular complexity index is 284. The van der Waals surface area contributed by atoms with Crippen molar-refractivity contribution in [3.05, 3.63) is 29.8 Å². The van der Waals surface area contributed by atoms with Crippen molar-refractivity contribution in [1.29, 1.82) is 0 Å². The van der Waals surface area contributed by atoms with Gasteiger partial charge >= 0.3 is 0 Å². The van der Waals surface area contributed by atoms with Gasteiger partial charge in [-0.25, -0.2) is 0 Å². The lowest BCUT2D eigenvalue weighted by atomic mass is 9.95. The number of hydrogen-bond acceptors (Lipinski definition) is 2. The van der Waals surface area contributed by atoms with E-state index in [9.17, 15) is 0 Å². The molecule has 2 rings (SSSR count). The molecule has 1 aliphatic heterocycles. The summed E-state index contributed by atoms with van der Waals surface area (Å²) in [6.45, 7) is 2.36. The molecule has 1 aliphatic rings. The first kappa shape index (κ1) is 10.5. The molecular formula is C13H20N2. The molecule has 0 aromatic heterocycles. The van der Waals surface area contributed by atoms with Crippen LogP contribution in [0.3, 0.4) is 0 Å². The third kappa shape index (κ3) is 3.24. The molecule has 1 saturated heterocycles. The predicted octanol–water partition coefficient (Wildman–Crippen LogP) is 2.20. The third-order valence-electron chi connectivity index (χ3n) is 3.15. The van der Waals surface area contributed by atoms with Crippen molar-refractivity contribution in [2.75, 3.05) is 18.8 Å². The van der Waals surface area contributed by atoms with Gasteiger partial charge in [-0.1, -0.05) is 18.6 Å². The zero-order chi connectivity index (χ0) is 10.5. The number of hydrogen-bond donors (Lipinski definition) is 2. The smallest absolute Gasteiger partial charge is 0.0314 e. The molecule has 1 aromatic rings. The maximum Gasteiger partial charge on any atom is 0.0314 e. The average Bonchev–Trinajstić information content (AvgIpc) is 2.50. The highest BCUT2D eigenvalue weighted by molar-refractivity contribution is 5.39. The fourth-order valence-electron chi connectivity index (χ4n) is 2.25. The Hall–Kier alpha value is -1.02. The number of anilines is 1. The third-order valence-corrected chi connectivity index (χ3v) is 3.15. The van der Waals surface area contributed by atoms with Crippen LogP contribution in [0.2, 0.25) is 0 Å². The van der Waals surface area contributed by atoms with Crippen molar-refractivity contribution in [2.24, 2.45) is 5.92 Å². The lowest BCUT2D eigenvalue weighted by molar-refractivity contribution is 0.477. The van der Waals surface area contributed by atoms with Crippen molar-refractivity contribution < 1.29 is 0 Å². The molecular weight excluding hydrogens is 184 g/mol. The predicted molar refractivity (Wildman–Crippen MR) is 64.8 cm³/mol. The topological polar surface area (TPSA) is 38.0 Å².